The number of rotatable bonds is 5. The number of para-hydroxylation sites is 1. The summed E-state index contributed by atoms with van der Waals surface area (Å²) in [4.78, 5) is 4.63. The van der Waals surface area contributed by atoms with Crippen LogP contribution < -0.4 is 4.74 Å². The van der Waals surface area contributed by atoms with Crippen LogP contribution in [-0.2, 0) is 0 Å². The summed E-state index contributed by atoms with van der Waals surface area (Å²) in [5, 5.41) is 10.5. The Hall–Kier alpha value is -3.36. The molecule has 4 nitrogen and oxygen atoms in total. The van der Waals surface area contributed by atoms with Crippen molar-refractivity contribution in [3.05, 3.63) is 76.6 Å². The smallest absolute Gasteiger partial charge is 0.135 e. The highest BCUT2D eigenvalue weighted by atomic mass is 32.1. The molecule has 0 fully saturated rings. The molecule has 0 amide bonds. The summed E-state index contributed by atoms with van der Waals surface area (Å²) in [5.74, 6) is 0.862. The fraction of sp³-hybridized carbons (Fsp3) is 0.167. The molecule has 2 aromatic heterocycles. The number of fused-ring (bicyclic) bond motifs is 1. The Morgan fingerprint density at radius 3 is 2.62 bits per heavy atom. The van der Waals surface area contributed by atoms with Crippen molar-refractivity contribution in [3.8, 4) is 17.5 Å². The van der Waals surface area contributed by atoms with Gasteiger partial charge in [-0.1, -0.05) is 12.1 Å². The van der Waals surface area contributed by atoms with Crippen LogP contribution in [0.4, 0.5) is 0 Å². The second kappa shape index (κ2) is 7.94. The molecule has 0 spiro atoms. The van der Waals surface area contributed by atoms with Gasteiger partial charge in [0.1, 0.15) is 16.8 Å². The van der Waals surface area contributed by atoms with Crippen molar-refractivity contribution in [1.29, 1.82) is 5.26 Å². The minimum Gasteiger partial charge on any atom is -0.494 e. The first-order chi connectivity index (χ1) is 14.1. The summed E-state index contributed by atoms with van der Waals surface area (Å²) >= 11 is 1.55. The van der Waals surface area contributed by atoms with Crippen molar-refractivity contribution < 1.29 is 4.74 Å². The first kappa shape index (κ1) is 19.0. The van der Waals surface area contributed by atoms with Gasteiger partial charge in [0.05, 0.1) is 22.4 Å². The molecule has 0 radical (unpaired) electrons. The number of ether oxygens (including phenoxy) is 1. The molecular weight excluding hydrogens is 378 g/mol. The maximum Gasteiger partial charge on any atom is 0.135 e. The van der Waals surface area contributed by atoms with E-state index in [9.17, 15) is 5.26 Å². The average Bonchev–Trinajstić information content (AvgIpc) is 3.27. The molecule has 0 aliphatic heterocycles. The Balaban J connectivity index is 1.73. The summed E-state index contributed by atoms with van der Waals surface area (Å²) in [7, 11) is 0. The molecule has 0 aliphatic carbocycles. The van der Waals surface area contributed by atoms with Gasteiger partial charge in [-0.3, -0.25) is 0 Å². The monoisotopic (exact) mass is 399 g/mol. The highest BCUT2D eigenvalue weighted by molar-refractivity contribution is 7.19. The van der Waals surface area contributed by atoms with Gasteiger partial charge in [-0.2, -0.15) is 5.26 Å². The van der Waals surface area contributed by atoms with Gasteiger partial charge in [0.15, 0.2) is 0 Å². The molecule has 29 heavy (non-hydrogen) atoms. The zero-order valence-corrected chi connectivity index (χ0v) is 17.5. The van der Waals surface area contributed by atoms with Crippen LogP contribution in [0.25, 0.3) is 27.6 Å². The van der Waals surface area contributed by atoms with Crippen LogP contribution in [0.15, 0.2) is 54.6 Å². The van der Waals surface area contributed by atoms with E-state index in [1.165, 1.54) is 0 Å². The van der Waals surface area contributed by atoms with Crippen molar-refractivity contribution >= 4 is 33.2 Å². The van der Waals surface area contributed by atoms with Gasteiger partial charge in [0, 0.05) is 17.1 Å². The molecule has 0 bridgehead atoms. The average molecular weight is 400 g/mol. The number of hydrogen-bond donors (Lipinski definition) is 0. The topological polar surface area (TPSA) is 50.8 Å². The molecule has 2 heterocycles. The lowest BCUT2D eigenvalue weighted by Crippen LogP contribution is -1.99. The lowest BCUT2D eigenvalue weighted by molar-refractivity contribution is 0.340. The molecule has 4 aromatic rings. The number of aromatic nitrogens is 2. The first-order valence-electron chi connectivity index (χ1n) is 9.50. The molecular formula is C24H21N3OS. The van der Waals surface area contributed by atoms with E-state index in [1.807, 2.05) is 49.4 Å². The summed E-state index contributed by atoms with van der Waals surface area (Å²) < 4.78 is 8.82. The van der Waals surface area contributed by atoms with Gasteiger partial charge in [-0.25, -0.2) is 4.98 Å². The minimum absolute atomic E-state index is 0.582. The van der Waals surface area contributed by atoms with Crippen LogP contribution in [0, 0.1) is 25.2 Å². The van der Waals surface area contributed by atoms with E-state index < -0.39 is 0 Å². The van der Waals surface area contributed by atoms with E-state index >= 15 is 0 Å². The maximum absolute atomic E-state index is 9.76. The zero-order chi connectivity index (χ0) is 20.4. The molecule has 0 aliphatic rings. The van der Waals surface area contributed by atoms with E-state index in [-0.39, 0.29) is 0 Å². The SMILES string of the molecule is CCOc1ccc(-n2c(C)cc(/C=C(\C#N)c3nc4ccccc4s3)c2C)cc1. The number of hydrogen-bond acceptors (Lipinski definition) is 4. The van der Waals surface area contributed by atoms with Crippen molar-refractivity contribution in [1.82, 2.24) is 9.55 Å². The van der Waals surface area contributed by atoms with Crippen LogP contribution in [0.3, 0.4) is 0 Å². The van der Waals surface area contributed by atoms with E-state index in [1.54, 1.807) is 11.3 Å². The summed E-state index contributed by atoms with van der Waals surface area (Å²) in [6, 6.07) is 20.5. The van der Waals surface area contributed by atoms with Crippen LogP contribution in [0.1, 0.15) is 28.9 Å². The lowest BCUT2D eigenvalue weighted by Gasteiger charge is -2.11. The number of benzene rings is 2. The second-order valence-corrected chi connectivity index (χ2v) is 7.78. The molecule has 0 atom stereocenters. The highest BCUT2D eigenvalue weighted by Gasteiger charge is 2.13. The molecule has 0 saturated carbocycles. The van der Waals surface area contributed by atoms with Crippen LogP contribution in [0.5, 0.6) is 5.75 Å². The Bertz CT molecular complexity index is 1210. The predicted octanol–water partition coefficient (Wildman–Crippen LogP) is 6.17. The Morgan fingerprint density at radius 1 is 1.17 bits per heavy atom. The lowest BCUT2D eigenvalue weighted by atomic mass is 10.1. The van der Waals surface area contributed by atoms with Gasteiger partial charge in [-0.15, -0.1) is 11.3 Å². The summed E-state index contributed by atoms with van der Waals surface area (Å²) in [6.45, 7) is 6.77. The Kier molecular flexibility index (Phi) is 5.20. The first-order valence-corrected chi connectivity index (χ1v) is 10.3. The number of nitriles is 1. The minimum atomic E-state index is 0.582. The van der Waals surface area contributed by atoms with Crippen molar-refractivity contribution in [2.75, 3.05) is 6.61 Å². The molecule has 2 aromatic carbocycles. The molecule has 5 heteroatoms. The largest absolute Gasteiger partial charge is 0.494 e. The third kappa shape index (κ3) is 3.67. The van der Waals surface area contributed by atoms with Gasteiger partial charge in [-0.05, 0) is 74.9 Å². The second-order valence-electron chi connectivity index (χ2n) is 6.75. The van der Waals surface area contributed by atoms with Crippen molar-refractivity contribution in [3.63, 3.8) is 0 Å². The van der Waals surface area contributed by atoms with E-state index in [0.717, 1.165) is 43.6 Å². The fourth-order valence-electron chi connectivity index (χ4n) is 3.47. The number of aryl methyl sites for hydroxylation is 1. The molecule has 0 unspecified atom stereocenters. The van der Waals surface area contributed by atoms with E-state index in [4.69, 9.17) is 4.74 Å². The van der Waals surface area contributed by atoms with Gasteiger partial charge in [0.2, 0.25) is 0 Å². The molecule has 0 saturated heterocycles. The van der Waals surface area contributed by atoms with Crippen LogP contribution in [0.2, 0.25) is 0 Å². The Morgan fingerprint density at radius 2 is 1.93 bits per heavy atom. The van der Waals surface area contributed by atoms with Gasteiger partial charge < -0.3 is 9.30 Å². The fourth-order valence-corrected chi connectivity index (χ4v) is 4.41. The van der Waals surface area contributed by atoms with E-state index in [0.29, 0.717) is 12.2 Å². The van der Waals surface area contributed by atoms with Crippen LogP contribution in [-0.4, -0.2) is 16.2 Å². The Labute approximate surface area is 174 Å². The standard InChI is InChI=1S/C24H21N3OS/c1-4-28-21-11-9-20(10-12-21)27-16(2)13-18(17(27)3)14-19(15-25)24-26-22-7-5-6-8-23(22)29-24/h5-14H,4H2,1-3H3/b19-14+. The third-order valence-corrected chi connectivity index (χ3v) is 5.89. The molecule has 144 valence electrons. The van der Waals surface area contributed by atoms with E-state index in [2.05, 4.69) is 47.7 Å². The normalized spacial score (nSPS) is 11.6. The van der Waals surface area contributed by atoms with Gasteiger partial charge in [0.25, 0.3) is 0 Å². The number of allylic oxidation sites excluding steroid dienone is 1. The molecule has 4 rings (SSSR count). The summed E-state index contributed by atoms with van der Waals surface area (Å²) in [5.41, 5.74) is 5.79. The van der Waals surface area contributed by atoms with Crippen molar-refractivity contribution in [2.45, 2.75) is 20.8 Å². The van der Waals surface area contributed by atoms with Crippen molar-refractivity contribution in [2.24, 2.45) is 0 Å². The van der Waals surface area contributed by atoms with Crippen LogP contribution >= 0.6 is 11.3 Å². The quantitative estimate of drug-likeness (QED) is 0.377. The highest BCUT2D eigenvalue weighted by Crippen LogP contribution is 2.30. The zero-order valence-electron chi connectivity index (χ0n) is 16.6. The third-order valence-electron chi connectivity index (χ3n) is 4.82. The number of nitrogens with zero attached hydrogens (tertiary/aromatic N) is 3. The predicted molar refractivity (Wildman–Crippen MR) is 120 cm³/mol. The maximum atomic E-state index is 9.76. The summed E-state index contributed by atoms with van der Waals surface area (Å²) in [6.07, 6.45) is 1.94. The number of thiazole rings is 1. The van der Waals surface area contributed by atoms with Gasteiger partial charge >= 0.3 is 0 Å². The molecule has 0 N–H and O–H groups in total.